The summed E-state index contributed by atoms with van der Waals surface area (Å²) in [4.78, 5) is 26.4. The Balaban J connectivity index is 2.77. The van der Waals surface area contributed by atoms with Gasteiger partial charge in [-0.15, -0.1) is 0 Å². The van der Waals surface area contributed by atoms with Crippen molar-refractivity contribution in [2.45, 2.75) is 275 Å². The first kappa shape index (κ1) is 63.4. The Morgan fingerprint density at radius 2 is 1.06 bits per heavy atom. The zero-order valence-corrected chi connectivity index (χ0v) is 43.2. The van der Waals surface area contributed by atoms with Crippen LogP contribution in [0.25, 0.3) is 0 Å². The van der Waals surface area contributed by atoms with Gasteiger partial charge < -0.3 is 45.1 Å². The second-order valence-electron chi connectivity index (χ2n) is 19.0. The number of unbranched alkanes of at least 4 members (excludes halogenated alkanes) is 26. The third-order valence-electron chi connectivity index (χ3n) is 12.8. The first-order valence-corrected chi connectivity index (χ1v) is 27.6. The minimum Gasteiger partial charge on any atom is -0.454 e. The third-order valence-corrected chi connectivity index (χ3v) is 12.8. The summed E-state index contributed by atoms with van der Waals surface area (Å²) in [5.74, 6) is -1.24. The molecule has 1 fully saturated rings. The normalized spacial score (nSPS) is 20.4. The molecule has 1 heterocycles. The van der Waals surface area contributed by atoms with Gasteiger partial charge in [-0.2, -0.15) is 0 Å². The molecule has 394 valence electrons. The number of ether oxygens (including phenoxy) is 3. The van der Waals surface area contributed by atoms with Crippen LogP contribution in [0.3, 0.4) is 0 Å². The second-order valence-corrected chi connectivity index (χ2v) is 19.0. The maximum atomic E-state index is 13.3. The molecule has 11 heteroatoms. The smallest absolute Gasteiger partial charge is 0.306 e. The van der Waals surface area contributed by atoms with Crippen molar-refractivity contribution in [3.05, 3.63) is 60.8 Å². The highest BCUT2D eigenvalue weighted by Crippen LogP contribution is 2.26. The fourth-order valence-corrected chi connectivity index (χ4v) is 8.37. The van der Waals surface area contributed by atoms with Crippen LogP contribution < -0.4 is 5.32 Å². The predicted octanol–water partition coefficient (Wildman–Crippen LogP) is 11.9. The number of hydrogen-bond acceptors (Lipinski definition) is 10. The van der Waals surface area contributed by atoms with Gasteiger partial charge in [0.15, 0.2) is 12.4 Å². The molecule has 8 atom stereocenters. The molecule has 0 bridgehead atoms. The van der Waals surface area contributed by atoms with Gasteiger partial charge in [-0.25, -0.2) is 0 Å². The van der Waals surface area contributed by atoms with Gasteiger partial charge in [0.2, 0.25) is 5.91 Å². The molecule has 0 aromatic carbocycles. The van der Waals surface area contributed by atoms with Crippen LogP contribution in [0.4, 0.5) is 0 Å². The number of hydrogen-bond donors (Lipinski definition) is 6. The number of aliphatic hydroxyl groups is 5. The Morgan fingerprint density at radius 3 is 1.59 bits per heavy atom. The number of carbonyl (C=O) groups excluding carboxylic acids is 2. The van der Waals surface area contributed by atoms with E-state index in [1.807, 2.05) is 48.6 Å². The maximum absolute atomic E-state index is 13.3. The zero-order valence-electron chi connectivity index (χ0n) is 43.2. The van der Waals surface area contributed by atoms with Crippen LogP contribution in [0.2, 0.25) is 0 Å². The van der Waals surface area contributed by atoms with E-state index in [1.165, 1.54) is 122 Å². The summed E-state index contributed by atoms with van der Waals surface area (Å²) in [5.41, 5.74) is 0. The van der Waals surface area contributed by atoms with Gasteiger partial charge in [-0.05, 0) is 44.9 Å². The predicted molar refractivity (Wildman–Crippen MR) is 278 cm³/mol. The Bertz CT molecular complexity index is 1330. The van der Waals surface area contributed by atoms with Gasteiger partial charge in [0.05, 0.1) is 25.4 Å². The molecule has 0 saturated carbocycles. The highest BCUT2D eigenvalue weighted by Gasteiger charge is 2.47. The second kappa shape index (κ2) is 45.5. The molecular weight excluding hydrogens is 859 g/mol. The topological polar surface area (TPSA) is 175 Å². The van der Waals surface area contributed by atoms with E-state index < -0.39 is 67.4 Å². The fraction of sp³-hybridized carbons (Fsp3) is 0.789. The maximum Gasteiger partial charge on any atom is 0.306 e. The number of allylic oxidation sites excluding steroid dienone is 9. The number of carbonyl (C=O) groups is 2. The summed E-state index contributed by atoms with van der Waals surface area (Å²) in [6, 6.07) is -1.04. The number of nitrogens with one attached hydrogen (secondary N) is 1. The molecule has 68 heavy (non-hydrogen) atoms. The number of rotatable bonds is 45. The van der Waals surface area contributed by atoms with E-state index in [0.717, 1.165) is 57.8 Å². The van der Waals surface area contributed by atoms with Crippen molar-refractivity contribution in [1.82, 2.24) is 5.32 Å². The first-order chi connectivity index (χ1) is 33.2. The van der Waals surface area contributed by atoms with Gasteiger partial charge in [-0.1, -0.05) is 236 Å². The Labute approximate surface area is 414 Å². The summed E-state index contributed by atoms with van der Waals surface area (Å²) in [5, 5.41) is 56.6. The van der Waals surface area contributed by atoms with Gasteiger partial charge in [0.25, 0.3) is 0 Å². The SMILES string of the molecule is CC/C=C/C=C/C=C\C=C/CCCCC(O)C(=O)NC(COC1OC(CO)C(O)C(O)C1OC(=O)CCCCCCCCCCCCCCCCC)C(O)/C=C/CCCCCCCCCCCC. The fourth-order valence-electron chi connectivity index (χ4n) is 8.37. The number of aliphatic hydroxyl groups excluding tert-OH is 5. The molecule has 8 unspecified atom stereocenters. The van der Waals surface area contributed by atoms with Crippen LogP contribution in [0.15, 0.2) is 60.8 Å². The molecule has 11 nitrogen and oxygen atoms in total. The molecule has 1 rings (SSSR count). The van der Waals surface area contributed by atoms with Gasteiger partial charge in [0.1, 0.15) is 24.4 Å². The molecular formula is C57H101NO10. The van der Waals surface area contributed by atoms with Gasteiger partial charge in [0, 0.05) is 6.42 Å². The van der Waals surface area contributed by atoms with Crippen LogP contribution in [-0.2, 0) is 23.8 Å². The molecule has 0 radical (unpaired) electrons. The summed E-state index contributed by atoms with van der Waals surface area (Å²) in [6.07, 6.45) is 44.2. The third kappa shape index (κ3) is 33.8. The standard InChI is InChI=1S/C57H101NO10/c1-4-7-10-13-16-19-22-25-26-27-30-33-36-39-42-45-52(62)68-55-54(64)53(63)51(46-59)67-57(55)66-47-48(49(60)43-40-37-34-31-28-23-20-17-14-11-8-5-2)58-56(65)50(61)44-41-38-35-32-29-24-21-18-15-12-9-6-3/h9,12,15,18,21,24,29,32,40,43,48-51,53-55,57,59-61,63-64H,4-8,10-11,13-14,16-17,19-20,22-23,25-28,30-31,33-39,41-42,44-47H2,1-3H3,(H,58,65)/b12-9+,18-15+,24-21-,32-29-,43-40+. The lowest BCUT2D eigenvalue weighted by Crippen LogP contribution is -2.61. The lowest BCUT2D eigenvalue weighted by molar-refractivity contribution is -0.305. The van der Waals surface area contributed by atoms with Crippen molar-refractivity contribution in [1.29, 1.82) is 0 Å². The van der Waals surface area contributed by atoms with Crippen molar-refractivity contribution in [3.63, 3.8) is 0 Å². The molecule has 1 aliphatic heterocycles. The molecule has 6 N–H and O–H groups in total. The zero-order chi connectivity index (χ0) is 49.7. The lowest BCUT2D eigenvalue weighted by atomic mass is 9.99. The Hall–Kier alpha value is -2.64. The van der Waals surface area contributed by atoms with E-state index in [2.05, 4.69) is 32.2 Å². The minimum absolute atomic E-state index is 0.120. The Morgan fingerprint density at radius 1 is 0.588 bits per heavy atom. The summed E-state index contributed by atoms with van der Waals surface area (Å²) in [7, 11) is 0. The van der Waals surface area contributed by atoms with Crippen molar-refractivity contribution >= 4 is 11.9 Å². The number of esters is 1. The van der Waals surface area contributed by atoms with Crippen LogP contribution in [-0.4, -0.2) is 99.6 Å². The van der Waals surface area contributed by atoms with Crippen LogP contribution in [0.5, 0.6) is 0 Å². The average molecular weight is 960 g/mol. The van der Waals surface area contributed by atoms with Crippen molar-refractivity contribution < 1.29 is 49.3 Å². The van der Waals surface area contributed by atoms with E-state index in [0.29, 0.717) is 12.8 Å². The van der Waals surface area contributed by atoms with Crippen molar-refractivity contribution in [2.75, 3.05) is 13.2 Å². The van der Waals surface area contributed by atoms with Crippen LogP contribution >= 0.6 is 0 Å². The van der Waals surface area contributed by atoms with Crippen molar-refractivity contribution in [3.8, 4) is 0 Å². The summed E-state index contributed by atoms with van der Waals surface area (Å²) >= 11 is 0. The average Bonchev–Trinajstić information content (AvgIpc) is 3.33. The molecule has 0 aromatic rings. The first-order valence-electron chi connectivity index (χ1n) is 27.6. The van der Waals surface area contributed by atoms with Crippen LogP contribution in [0.1, 0.15) is 226 Å². The summed E-state index contributed by atoms with van der Waals surface area (Å²) < 4.78 is 17.5. The monoisotopic (exact) mass is 960 g/mol. The highest BCUT2D eigenvalue weighted by atomic mass is 16.7. The lowest BCUT2D eigenvalue weighted by Gasteiger charge is -2.41. The van der Waals surface area contributed by atoms with E-state index in [1.54, 1.807) is 6.08 Å². The molecule has 1 amide bonds. The number of amides is 1. The van der Waals surface area contributed by atoms with E-state index >= 15 is 0 Å². The quantitative estimate of drug-likeness (QED) is 0.0149. The summed E-state index contributed by atoms with van der Waals surface area (Å²) in [6.45, 7) is 5.60. The molecule has 1 aliphatic rings. The highest BCUT2D eigenvalue weighted by molar-refractivity contribution is 5.80. The van der Waals surface area contributed by atoms with Crippen molar-refractivity contribution in [2.24, 2.45) is 0 Å². The molecule has 1 saturated heterocycles. The molecule has 0 aromatic heterocycles. The van der Waals surface area contributed by atoms with Gasteiger partial charge in [-0.3, -0.25) is 9.59 Å². The largest absolute Gasteiger partial charge is 0.454 e. The van der Waals surface area contributed by atoms with E-state index in [9.17, 15) is 35.1 Å². The van der Waals surface area contributed by atoms with Gasteiger partial charge >= 0.3 is 5.97 Å². The van der Waals surface area contributed by atoms with Crippen LogP contribution in [0, 0.1) is 0 Å². The van der Waals surface area contributed by atoms with E-state index in [-0.39, 0.29) is 19.4 Å². The minimum atomic E-state index is -1.62. The molecule has 0 spiro atoms. The Kier molecular flexibility index (Phi) is 42.4. The van der Waals surface area contributed by atoms with E-state index in [4.69, 9.17) is 14.2 Å². The molecule has 0 aliphatic carbocycles.